The van der Waals surface area contributed by atoms with E-state index in [0.29, 0.717) is 18.3 Å². The first-order valence-corrected chi connectivity index (χ1v) is 4.92. The highest BCUT2D eigenvalue weighted by Gasteiger charge is 2.14. The van der Waals surface area contributed by atoms with Gasteiger partial charge in [-0.05, 0) is 4.92 Å². The minimum absolute atomic E-state index is 0.0808. The lowest BCUT2D eigenvalue weighted by molar-refractivity contribution is -0.391. The summed E-state index contributed by atoms with van der Waals surface area (Å²) in [5, 5.41) is 17.4. The minimum Gasteiger partial charge on any atom is -0.358 e. The fraction of sp³-hybridized carbons (Fsp3) is 0.375. The molecule has 0 aliphatic carbocycles. The summed E-state index contributed by atoms with van der Waals surface area (Å²) in [4.78, 5) is 18.0. The summed E-state index contributed by atoms with van der Waals surface area (Å²) in [5.74, 6) is 0.899. The van der Waals surface area contributed by atoms with Crippen LogP contribution < -0.4 is 10.7 Å². The molecular weight excluding hydrogens is 226 g/mol. The molecule has 0 saturated heterocycles. The number of guanidine groups is 1. The zero-order valence-corrected chi connectivity index (χ0v) is 9.12. The Morgan fingerprint density at radius 1 is 1.76 bits per heavy atom. The molecule has 0 spiro atoms. The van der Waals surface area contributed by atoms with Crippen LogP contribution in [0, 0.1) is 10.1 Å². The second-order valence-electron chi connectivity index (χ2n) is 3.32. The molecule has 0 bridgehead atoms. The number of aromatic nitrogens is 2. The van der Waals surface area contributed by atoms with Gasteiger partial charge in [0, 0.05) is 6.54 Å². The Morgan fingerprint density at radius 3 is 3.18 bits per heavy atom. The van der Waals surface area contributed by atoms with Crippen molar-refractivity contribution < 1.29 is 4.92 Å². The molecule has 17 heavy (non-hydrogen) atoms. The molecule has 1 aliphatic heterocycles. The van der Waals surface area contributed by atoms with Crippen molar-refractivity contribution in [2.45, 2.75) is 0 Å². The summed E-state index contributed by atoms with van der Waals surface area (Å²) < 4.78 is 1.34. The lowest BCUT2D eigenvalue weighted by Gasteiger charge is -1.98. The molecular formula is C8H11N7O2. The van der Waals surface area contributed by atoms with E-state index in [9.17, 15) is 10.1 Å². The summed E-state index contributed by atoms with van der Waals surface area (Å²) in [6.07, 6.45) is 2.59. The van der Waals surface area contributed by atoms with Crippen molar-refractivity contribution in [1.29, 1.82) is 0 Å². The number of nitrogens with one attached hydrogen (secondary N) is 2. The van der Waals surface area contributed by atoms with Gasteiger partial charge in [0.25, 0.3) is 0 Å². The van der Waals surface area contributed by atoms with E-state index in [-0.39, 0.29) is 5.82 Å². The quantitative estimate of drug-likeness (QED) is 0.406. The van der Waals surface area contributed by atoms with Gasteiger partial charge >= 0.3 is 5.82 Å². The van der Waals surface area contributed by atoms with Gasteiger partial charge in [-0.1, -0.05) is 0 Å². The van der Waals surface area contributed by atoms with Gasteiger partial charge in [-0.15, -0.1) is 0 Å². The van der Waals surface area contributed by atoms with Gasteiger partial charge < -0.3 is 15.4 Å². The van der Waals surface area contributed by atoms with Crippen molar-refractivity contribution in [2.75, 3.05) is 13.1 Å². The van der Waals surface area contributed by atoms with Crippen molar-refractivity contribution in [2.24, 2.45) is 17.1 Å². The second kappa shape index (κ2) is 4.60. The molecule has 0 fully saturated rings. The smallest absolute Gasteiger partial charge is 0.342 e. The summed E-state index contributed by atoms with van der Waals surface area (Å²) in [7, 11) is 1.55. The summed E-state index contributed by atoms with van der Waals surface area (Å²) in [6, 6.07) is 0. The number of nitro groups is 1. The lowest BCUT2D eigenvalue weighted by atomic mass is 10.6. The Labute approximate surface area is 96.4 Å². The monoisotopic (exact) mass is 237 g/mol. The Kier molecular flexibility index (Phi) is 2.99. The van der Waals surface area contributed by atoms with Crippen LogP contribution in [0.5, 0.6) is 0 Å². The number of nitrogens with zero attached hydrogens (tertiary/aromatic N) is 5. The number of rotatable bonds is 3. The van der Waals surface area contributed by atoms with Crippen LogP contribution in [0.1, 0.15) is 5.82 Å². The Morgan fingerprint density at radius 2 is 2.59 bits per heavy atom. The highest BCUT2D eigenvalue weighted by atomic mass is 16.6. The maximum atomic E-state index is 10.6. The standard InChI is InChI=1S/C8H11N7O2/c1-14-6(11-5-7(14)15(16)17)4-12-13-8-9-2-3-10-8/h4-5H,2-3H2,1H3,(H2,9,10,13)/b12-4-. The van der Waals surface area contributed by atoms with Crippen LogP contribution >= 0.6 is 0 Å². The van der Waals surface area contributed by atoms with Crippen molar-refractivity contribution in [3.63, 3.8) is 0 Å². The number of hydrazone groups is 1. The van der Waals surface area contributed by atoms with Gasteiger partial charge in [-0.25, -0.2) is 20.0 Å². The summed E-state index contributed by atoms with van der Waals surface area (Å²) >= 11 is 0. The molecule has 2 heterocycles. The van der Waals surface area contributed by atoms with E-state index in [2.05, 4.69) is 25.8 Å². The molecule has 1 aromatic heterocycles. The molecule has 0 unspecified atom stereocenters. The third-order valence-corrected chi connectivity index (χ3v) is 2.21. The SMILES string of the molecule is Cn1c([N+](=O)[O-])cnc1/C=N\NC1=NCCN1. The highest BCUT2D eigenvalue weighted by Crippen LogP contribution is 2.09. The fourth-order valence-electron chi connectivity index (χ4n) is 1.33. The van der Waals surface area contributed by atoms with E-state index in [0.717, 1.165) is 6.54 Å². The maximum absolute atomic E-state index is 10.6. The van der Waals surface area contributed by atoms with E-state index in [1.807, 2.05) is 0 Å². The van der Waals surface area contributed by atoms with Crippen molar-refractivity contribution in [1.82, 2.24) is 20.3 Å². The molecule has 1 aromatic rings. The Hall–Kier alpha value is -2.45. The predicted octanol–water partition coefficient (Wildman–Crippen LogP) is -0.789. The van der Waals surface area contributed by atoms with Crippen LogP contribution in [-0.4, -0.2) is 39.7 Å². The van der Waals surface area contributed by atoms with Crippen LogP contribution in [0.2, 0.25) is 0 Å². The summed E-state index contributed by atoms with van der Waals surface area (Å²) in [6.45, 7) is 1.50. The fourth-order valence-corrected chi connectivity index (χ4v) is 1.33. The minimum atomic E-state index is -0.500. The number of aliphatic imine (C=N–C) groups is 1. The third-order valence-electron chi connectivity index (χ3n) is 2.21. The van der Waals surface area contributed by atoms with Gasteiger partial charge in [-0.3, -0.25) is 0 Å². The van der Waals surface area contributed by atoms with E-state index in [1.165, 1.54) is 17.0 Å². The van der Waals surface area contributed by atoms with Crippen LogP contribution in [0.15, 0.2) is 16.3 Å². The molecule has 0 aromatic carbocycles. The van der Waals surface area contributed by atoms with Gasteiger partial charge in [0.05, 0.1) is 13.6 Å². The van der Waals surface area contributed by atoms with Gasteiger partial charge in [0.1, 0.15) is 12.4 Å². The topological polar surface area (TPSA) is 110 Å². The zero-order valence-electron chi connectivity index (χ0n) is 9.12. The lowest BCUT2D eigenvalue weighted by Crippen LogP contribution is -2.30. The zero-order chi connectivity index (χ0) is 12.3. The second-order valence-corrected chi connectivity index (χ2v) is 3.32. The molecule has 0 saturated carbocycles. The predicted molar refractivity (Wildman–Crippen MR) is 60.9 cm³/mol. The van der Waals surface area contributed by atoms with Crippen LogP contribution in [-0.2, 0) is 7.05 Å². The van der Waals surface area contributed by atoms with E-state index < -0.39 is 4.92 Å². The molecule has 9 heteroatoms. The van der Waals surface area contributed by atoms with E-state index in [1.54, 1.807) is 7.05 Å². The Balaban J connectivity index is 2.03. The third kappa shape index (κ3) is 2.38. The van der Waals surface area contributed by atoms with Gasteiger partial charge in [0.15, 0.2) is 0 Å². The van der Waals surface area contributed by atoms with Crippen molar-refractivity contribution >= 4 is 18.0 Å². The molecule has 0 atom stereocenters. The first-order valence-electron chi connectivity index (χ1n) is 4.92. The summed E-state index contributed by atoms with van der Waals surface area (Å²) in [5.41, 5.74) is 2.68. The average Bonchev–Trinajstić information content (AvgIpc) is 2.89. The molecule has 2 N–H and O–H groups in total. The molecule has 0 amide bonds. The first-order chi connectivity index (χ1) is 8.18. The van der Waals surface area contributed by atoms with Gasteiger partial charge in [-0.2, -0.15) is 5.10 Å². The van der Waals surface area contributed by atoms with Crippen LogP contribution in [0.4, 0.5) is 5.82 Å². The molecule has 90 valence electrons. The number of hydrogen-bond acceptors (Lipinski definition) is 7. The van der Waals surface area contributed by atoms with Crippen LogP contribution in [0.25, 0.3) is 0 Å². The van der Waals surface area contributed by atoms with Gasteiger partial charge in [0.2, 0.25) is 11.8 Å². The van der Waals surface area contributed by atoms with Crippen molar-refractivity contribution in [3.8, 4) is 0 Å². The number of imidazole rings is 1. The maximum Gasteiger partial charge on any atom is 0.342 e. The highest BCUT2D eigenvalue weighted by molar-refractivity contribution is 5.83. The Bertz CT molecular complexity index is 490. The molecule has 1 aliphatic rings. The normalized spacial score (nSPS) is 14.8. The molecule has 0 radical (unpaired) electrons. The first kappa shape index (κ1) is 11.0. The molecule has 2 rings (SSSR count). The number of hydrogen-bond donors (Lipinski definition) is 2. The van der Waals surface area contributed by atoms with E-state index >= 15 is 0 Å². The average molecular weight is 237 g/mol. The van der Waals surface area contributed by atoms with Crippen molar-refractivity contribution in [3.05, 3.63) is 22.1 Å². The molecule has 9 nitrogen and oxygen atoms in total. The largest absolute Gasteiger partial charge is 0.358 e. The van der Waals surface area contributed by atoms with E-state index in [4.69, 9.17) is 0 Å². The van der Waals surface area contributed by atoms with Crippen LogP contribution in [0.3, 0.4) is 0 Å².